The maximum Gasteiger partial charge on any atom is 3.00 e. The van der Waals surface area contributed by atoms with Crippen LogP contribution >= 0.6 is 15.6 Å². The summed E-state index contributed by atoms with van der Waals surface area (Å²) in [5.41, 5.74) is 0. The Morgan fingerprint density at radius 2 is 1.09 bits per heavy atom. The zero-order valence-corrected chi connectivity index (χ0v) is 8.10. The molecule has 0 N–H and O–H groups in total. The van der Waals surface area contributed by atoms with E-state index in [-0.39, 0.29) is 35.9 Å². The molecule has 0 aromatic carbocycles. The fraction of sp³-hybridized carbons (Fsp3) is 0. The Morgan fingerprint density at radius 3 is 1.09 bits per heavy atom. The van der Waals surface area contributed by atoms with Crippen molar-refractivity contribution in [3.05, 3.63) is 0 Å². The van der Waals surface area contributed by atoms with Gasteiger partial charge >= 0.3 is 35.9 Å². The molecule has 0 aromatic rings. The third kappa shape index (κ3) is 18.4. The Kier molecular flexibility index (Phi) is 9.82. The number of hydrogen-bond donors (Lipinski definition) is 0. The Labute approximate surface area is 84.7 Å². The molecule has 11 heavy (non-hydrogen) atoms. The van der Waals surface area contributed by atoms with Crippen molar-refractivity contribution in [1.82, 2.24) is 0 Å². The summed E-state index contributed by atoms with van der Waals surface area (Å²) in [6, 6.07) is 0. The molecule has 0 unspecified atom stereocenters. The van der Waals surface area contributed by atoms with Gasteiger partial charge in [0.1, 0.15) is 0 Å². The van der Waals surface area contributed by atoms with Crippen molar-refractivity contribution < 1.29 is 68.9 Å². The van der Waals surface area contributed by atoms with Gasteiger partial charge in [-0.2, -0.15) is 0 Å². The van der Waals surface area contributed by atoms with E-state index in [1.54, 1.807) is 0 Å². The van der Waals surface area contributed by atoms with Crippen molar-refractivity contribution in [2.45, 2.75) is 0 Å². The summed E-state index contributed by atoms with van der Waals surface area (Å²) in [6.45, 7) is 0. The molecule has 0 aliphatic heterocycles. The van der Waals surface area contributed by atoms with E-state index in [2.05, 4.69) is 4.31 Å². The molecular formula is LiMnO7P2. The van der Waals surface area contributed by atoms with Crippen LogP contribution in [0.1, 0.15) is 0 Å². The van der Waals surface area contributed by atoms with Crippen molar-refractivity contribution in [3.63, 3.8) is 0 Å². The van der Waals surface area contributed by atoms with Crippen LogP contribution in [0.2, 0.25) is 0 Å². The maximum absolute atomic E-state index is 9.32. The number of phosphoric acid groups is 2. The van der Waals surface area contributed by atoms with E-state index in [4.69, 9.17) is 0 Å². The van der Waals surface area contributed by atoms with E-state index in [1.807, 2.05) is 0 Å². The second-order valence-electron chi connectivity index (χ2n) is 0.976. The molecule has 11 heteroatoms. The van der Waals surface area contributed by atoms with E-state index in [0.717, 1.165) is 0 Å². The van der Waals surface area contributed by atoms with E-state index >= 15 is 0 Å². The van der Waals surface area contributed by atoms with Gasteiger partial charge in [0, 0.05) is 0 Å². The van der Waals surface area contributed by atoms with Crippen LogP contribution < -0.4 is 38.4 Å². The number of hydrogen-bond acceptors (Lipinski definition) is 7. The summed E-state index contributed by atoms with van der Waals surface area (Å²) in [4.78, 5) is 37.3. The predicted octanol–water partition coefficient (Wildman–Crippen LogP) is -6.34. The van der Waals surface area contributed by atoms with Gasteiger partial charge in [-0.25, -0.2) is 0 Å². The van der Waals surface area contributed by atoms with Gasteiger partial charge in [0.15, 0.2) is 0 Å². The summed E-state index contributed by atoms with van der Waals surface area (Å²) in [6.07, 6.45) is 0. The molecule has 0 aliphatic rings. The second-order valence-corrected chi connectivity index (χ2v) is 3.42. The first-order valence-electron chi connectivity index (χ1n) is 1.46. The normalized spacial score (nSPS) is 11.3. The fourth-order valence-corrected chi connectivity index (χ4v) is 1.10. The van der Waals surface area contributed by atoms with Crippen molar-refractivity contribution in [3.8, 4) is 0 Å². The zero-order valence-electron chi connectivity index (χ0n) is 5.13. The Bertz CT molecular complexity index is 157. The first-order chi connectivity index (χ1) is 3.71. The summed E-state index contributed by atoms with van der Waals surface area (Å²) in [5, 5.41) is 0. The molecule has 0 heterocycles. The Balaban J connectivity index is -0.000000320. The minimum atomic E-state index is -5.68. The molecule has 0 rings (SSSR count). The molecule has 0 spiro atoms. The van der Waals surface area contributed by atoms with Gasteiger partial charge < -0.3 is 33.0 Å². The minimum absolute atomic E-state index is 0. The monoisotopic (exact) mass is 236 g/mol. The third-order valence-electron chi connectivity index (χ3n) is 0.200. The molecule has 0 amide bonds. The van der Waals surface area contributed by atoms with Crippen LogP contribution in [0.15, 0.2) is 0 Å². The van der Waals surface area contributed by atoms with Crippen molar-refractivity contribution in [2.24, 2.45) is 0 Å². The van der Waals surface area contributed by atoms with Crippen LogP contribution in [-0.2, 0) is 30.5 Å². The Morgan fingerprint density at radius 1 is 0.909 bits per heavy atom. The topological polar surface area (TPSA) is 136 Å². The van der Waals surface area contributed by atoms with Gasteiger partial charge in [-0.1, -0.05) is 0 Å². The molecule has 0 aliphatic carbocycles. The van der Waals surface area contributed by atoms with E-state index in [9.17, 15) is 28.7 Å². The first-order valence-corrected chi connectivity index (χ1v) is 4.38. The largest absolute Gasteiger partial charge is 3.00 e. The smallest absolute Gasteiger partial charge is 0.790 e. The summed E-state index contributed by atoms with van der Waals surface area (Å²) < 4.78 is 21.2. The van der Waals surface area contributed by atoms with Gasteiger partial charge in [0.25, 0.3) is 0 Å². The fourth-order valence-electron chi connectivity index (χ4n) is 0.122. The predicted molar refractivity (Wildman–Crippen MR) is 16.3 cm³/mol. The molecule has 0 saturated carbocycles. The SMILES string of the molecule is O=P([O-])([O-])OP(=O)([O-])[O-].[Li+].[Mn+3]. The molecule has 0 radical (unpaired) electrons. The molecule has 60 valence electrons. The first kappa shape index (κ1) is 18.2. The summed E-state index contributed by atoms with van der Waals surface area (Å²) in [7, 11) is -11.4. The van der Waals surface area contributed by atoms with Crippen LogP contribution in [0.5, 0.6) is 0 Å². The van der Waals surface area contributed by atoms with E-state index in [0.29, 0.717) is 0 Å². The standard InChI is InChI=1S/Li.Mn.H4O7P2/c;;1-8(2,3)7-9(4,5)6/h;;(H2,1,2,3)(H2,4,5,6)/q+1;+3;/p-4. The molecular weight excluding hydrogens is 236 g/mol. The van der Waals surface area contributed by atoms with Crippen LogP contribution in [0.4, 0.5) is 0 Å². The number of rotatable bonds is 2. The molecule has 0 saturated heterocycles. The van der Waals surface area contributed by atoms with Crippen LogP contribution in [0.3, 0.4) is 0 Å². The molecule has 0 aromatic heterocycles. The van der Waals surface area contributed by atoms with Gasteiger partial charge in [-0.05, 0) is 0 Å². The molecule has 7 nitrogen and oxygen atoms in total. The average molecular weight is 236 g/mol. The maximum atomic E-state index is 9.32. The minimum Gasteiger partial charge on any atom is -0.790 e. The van der Waals surface area contributed by atoms with E-state index in [1.165, 1.54) is 0 Å². The van der Waals surface area contributed by atoms with Crippen LogP contribution in [-0.4, -0.2) is 0 Å². The quantitative estimate of drug-likeness (QED) is 0.343. The second kappa shape index (κ2) is 5.93. The van der Waals surface area contributed by atoms with E-state index < -0.39 is 15.6 Å². The third-order valence-corrected chi connectivity index (χ3v) is 1.80. The summed E-state index contributed by atoms with van der Waals surface area (Å²) >= 11 is 0. The van der Waals surface area contributed by atoms with Gasteiger partial charge in [0.05, 0.1) is 15.6 Å². The van der Waals surface area contributed by atoms with Gasteiger partial charge in [0.2, 0.25) is 0 Å². The zero-order chi connectivity index (χ0) is 7.71. The molecule has 0 atom stereocenters. The van der Waals surface area contributed by atoms with Crippen molar-refractivity contribution >= 4 is 15.6 Å². The molecule has 0 fully saturated rings. The Hall–Kier alpha value is 1.38. The van der Waals surface area contributed by atoms with Gasteiger partial charge in [-0.15, -0.1) is 0 Å². The van der Waals surface area contributed by atoms with Crippen molar-refractivity contribution in [2.75, 3.05) is 0 Å². The average Bonchev–Trinajstić information content (AvgIpc) is 1.14. The van der Waals surface area contributed by atoms with Crippen LogP contribution in [0.25, 0.3) is 0 Å². The summed E-state index contributed by atoms with van der Waals surface area (Å²) in [5.74, 6) is 0. The molecule has 0 bridgehead atoms. The van der Waals surface area contributed by atoms with Crippen molar-refractivity contribution in [1.29, 1.82) is 0 Å². The van der Waals surface area contributed by atoms with Gasteiger partial charge in [-0.3, -0.25) is 0 Å². The van der Waals surface area contributed by atoms with Crippen LogP contribution in [0, 0.1) is 0 Å².